The molecule has 6 heteroatoms. The van der Waals surface area contributed by atoms with Crippen molar-refractivity contribution < 1.29 is 9.53 Å². The first kappa shape index (κ1) is 18.0. The smallest absolute Gasteiger partial charge is 0.408 e. The molecule has 4 N–H and O–H groups in total. The fourth-order valence-corrected chi connectivity index (χ4v) is 2.98. The molecule has 120 valence electrons. The van der Waals surface area contributed by atoms with Gasteiger partial charge in [0.15, 0.2) is 0 Å². The van der Waals surface area contributed by atoms with Gasteiger partial charge < -0.3 is 21.2 Å². The zero-order valence-electron chi connectivity index (χ0n) is 13.2. The second kappa shape index (κ2) is 7.29. The Morgan fingerprint density at radius 2 is 2.10 bits per heavy atom. The number of carbonyl (C=O) groups is 1. The molecule has 1 amide bonds. The molecule has 1 saturated carbocycles. The van der Waals surface area contributed by atoms with Crippen molar-refractivity contribution in [2.75, 3.05) is 0 Å². The van der Waals surface area contributed by atoms with Gasteiger partial charge in [0, 0.05) is 6.20 Å². The van der Waals surface area contributed by atoms with E-state index in [-0.39, 0.29) is 12.0 Å². The SMILES string of the molecule is C[C@@H]1CCC[C@H]1C(NC(=O)OC(C)(C)C)C(=N)/C(Br)=C\N. The Bertz CT molecular complexity index is 429. The van der Waals surface area contributed by atoms with Crippen molar-refractivity contribution in [2.45, 2.75) is 58.6 Å². The third-order valence-electron chi connectivity index (χ3n) is 3.74. The van der Waals surface area contributed by atoms with Crippen LogP contribution in [-0.2, 0) is 4.74 Å². The van der Waals surface area contributed by atoms with Crippen molar-refractivity contribution in [1.82, 2.24) is 5.32 Å². The molecule has 1 aliphatic carbocycles. The number of hydrogen-bond acceptors (Lipinski definition) is 4. The van der Waals surface area contributed by atoms with Gasteiger partial charge in [0.2, 0.25) is 0 Å². The minimum atomic E-state index is -0.556. The third kappa shape index (κ3) is 5.34. The molecule has 1 rings (SSSR count). The monoisotopic (exact) mass is 359 g/mol. The molecule has 0 aromatic carbocycles. The molecule has 1 fully saturated rings. The maximum Gasteiger partial charge on any atom is 0.408 e. The van der Waals surface area contributed by atoms with E-state index in [1.165, 1.54) is 6.20 Å². The number of rotatable bonds is 4. The summed E-state index contributed by atoms with van der Waals surface area (Å²) < 4.78 is 5.82. The Labute approximate surface area is 135 Å². The number of nitrogens with two attached hydrogens (primary N) is 1. The second-order valence-electron chi connectivity index (χ2n) is 6.62. The minimum Gasteiger partial charge on any atom is -0.444 e. The number of alkyl carbamates (subject to hydrolysis) is 1. The maximum absolute atomic E-state index is 12.1. The van der Waals surface area contributed by atoms with E-state index in [1.54, 1.807) is 0 Å². The van der Waals surface area contributed by atoms with Crippen LogP contribution in [0.5, 0.6) is 0 Å². The lowest BCUT2D eigenvalue weighted by molar-refractivity contribution is 0.0501. The average molecular weight is 360 g/mol. The minimum absolute atomic E-state index is 0.234. The maximum atomic E-state index is 12.1. The molecule has 1 unspecified atom stereocenters. The van der Waals surface area contributed by atoms with E-state index in [4.69, 9.17) is 15.9 Å². The van der Waals surface area contributed by atoms with Gasteiger partial charge in [-0.25, -0.2) is 4.79 Å². The van der Waals surface area contributed by atoms with E-state index < -0.39 is 11.7 Å². The predicted molar refractivity (Wildman–Crippen MR) is 88.6 cm³/mol. The number of hydrogen-bond donors (Lipinski definition) is 3. The summed E-state index contributed by atoms with van der Waals surface area (Å²) in [5.41, 5.74) is 5.22. The quantitative estimate of drug-likeness (QED) is 0.670. The van der Waals surface area contributed by atoms with Crippen molar-refractivity contribution >= 4 is 27.7 Å². The fourth-order valence-electron chi connectivity index (χ4n) is 2.74. The summed E-state index contributed by atoms with van der Waals surface area (Å²) in [5.74, 6) is 0.695. The third-order valence-corrected chi connectivity index (χ3v) is 4.43. The molecule has 3 atom stereocenters. The van der Waals surface area contributed by atoms with E-state index in [9.17, 15) is 4.79 Å². The van der Waals surface area contributed by atoms with Gasteiger partial charge in [0.1, 0.15) is 5.60 Å². The molecular formula is C15H26BrN3O2. The lowest BCUT2D eigenvalue weighted by Crippen LogP contribution is -2.48. The van der Waals surface area contributed by atoms with Crippen LogP contribution in [0.4, 0.5) is 4.79 Å². The Balaban J connectivity index is 2.87. The summed E-state index contributed by atoms with van der Waals surface area (Å²) in [6.07, 6.45) is 4.08. The Morgan fingerprint density at radius 3 is 2.52 bits per heavy atom. The molecule has 0 radical (unpaired) electrons. The Morgan fingerprint density at radius 1 is 1.48 bits per heavy atom. The molecule has 0 heterocycles. The Hall–Kier alpha value is -1.04. The van der Waals surface area contributed by atoms with Gasteiger partial charge >= 0.3 is 6.09 Å². The highest BCUT2D eigenvalue weighted by molar-refractivity contribution is 9.12. The normalized spacial score (nSPS) is 24.5. The molecule has 0 aliphatic heterocycles. The van der Waals surface area contributed by atoms with Gasteiger partial charge in [-0.3, -0.25) is 0 Å². The van der Waals surface area contributed by atoms with Crippen LogP contribution in [0.15, 0.2) is 10.7 Å². The zero-order valence-corrected chi connectivity index (χ0v) is 14.8. The topological polar surface area (TPSA) is 88.2 Å². The summed E-state index contributed by atoms with van der Waals surface area (Å²) in [6, 6.07) is -0.383. The standard InChI is InChI=1S/C15H26BrN3O2/c1-9-6-5-7-10(9)13(12(18)11(16)8-17)19-14(20)21-15(2,3)4/h8-10,13,18H,5-7,17H2,1-4H3,(H,19,20)/b11-8+,18-12?/t9-,10-,13?/m1/s1. The van der Waals surface area contributed by atoms with E-state index in [1.807, 2.05) is 20.8 Å². The van der Waals surface area contributed by atoms with Crippen LogP contribution in [0.25, 0.3) is 0 Å². The zero-order chi connectivity index (χ0) is 16.2. The first-order valence-electron chi connectivity index (χ1n) is 7.31. The van der Waals surface area contributed by atoms with Crippen LogP contribution in [0.1, 0.15) is 47.0 Å². The molecule has 0 aromatic heterocycles. The van der Waals surface area contributed by atoms with Crippen LogP contribution in [0.2, 0.25) is 0 Å². The molecule has 0 spiro atoms. The first-order valence-corrected chi connectivity index (χ1v) is 8.10. The van der Waals surface area contributed by atoms with E-state index in [0.717, 1.165) is 19.3 Å². The number of carbonyl (C=O) groups excluding carboxylic acids is 1. The predicted octanol–water partition coefficient (Wildman–Crippen LogP) is 3.53. The van der Waals surface area contributed by atoms with Crippen molar-refractivity contribution in [2.24, 2.45) is 17.6 Å². The summed E-state index contributed by atoms with van der Waals surface area (Å²) in [4.78, 5) is 12.1. The van der Waals surface area contributed by atoms with Crippen molar-refractivity contribution in [3.8, 4) is 0 Å². The largest absolute Gasteiger partial charge is 0.444 e. The van der Waals surface area contributed by atoms with Crippen molar-refractivity contribution in [1.29, 1.82) is 5.41 Å². The highest BCUT2D eigenvalue weighted by Gasteiger charge is 2.36. The molecule has 0 bridgehead atoms. The summed E-state index contributed by atoms with van der Waals surface area (Å²) in [5, 5.41) is 11.1. The van der Waals surface area contributed by atoms with Crippen LogP contribution in [-0.4, -0.2) is 23.4 Å². The number of halogens is 1. The van der Waals surface area contributed by atoms with Gasteiger partial charge in [0.05, 0.1) is 16.2 Å². The Kier molecular flexibility index (Phi) is 6.25. The highest BCUT2D eigenvalue weighted by atomic mass is 79.9. The molecule has 1 aliphatic rings. The van der Waals surface area contributed by atoms with Crippen molar-refractivity contribution in [3.05, 3.63) is 10.7 Å². The number of ether oxygens (including phenoxy) is 1. The van der Waals surface area contributed by atoms with Gasteiger partial charge in [-0.15, -0.1) is 0 Å². The van der Waals surface area contributed by atoms with Crippen LogP contribution >= 0.6 is 15.9 Å². The average Bonchev–Trinajstić information content (AvgIpc) is 2.78. The van der Waals surface area contributed by atoms with Gasteiger partial charge in [-0.1, -0.05) is 19.8 Å². The number of amides is 1. The number of nitrogens with one attached hydrogen (secondary N) is 2. The van der Waals surface area contributed by atoms with Crippen molar-refractivity contribution in [3.63, 3.8) is 0 Å². The van der Waals surface area contributed by atoms with Crippen LogP contribution < -0.4 is 11.1 Å². The lowest BCUT2D eigenvalue weighted by Gasteiger charge is -2.29. The summed E-state index contributed by atoms with van der Waals surface area (Å²) >= 11 is 3.28. The van der Waals surface area contributed by atoms with Gasteiger partial charge in [0.25, 0.3) is 0 Å². The molecule has 5 nitrogen and oxygen atoms in total. The molecule has 0 saturated heterocycles. The molecule has 21 heavy (non-hydrogen) atoms. The van der Waals surface area contributed by atoms with E-state index in [0.29, 0.717) is 16.1 Å². The highest BCUT2D eigenvalue weighted by Crippen LogP contribution is 2.35. The molecular weight excluding hydrogens is 334 g/mol. The summed E-state index contributed by atoms with van der Waals surface area (Å²) in [7, 11) is 0. The first-order chi connectivity index (χ1) is 9.65. The van der Waals surface area contributed by atoms with E-state index in [2.05, 4.69) is 28.2 Å². The van der Waals surface area contributed by atoms with Crippen LogP contribution in [0.3, 0.4) is 0 Å². The van der Waals surface area contributed by atoms with E-state index >= 15 is 0 Å². The second-order valence-corrected chi connectivity index (χ2v) is 7.48. The van der Waals surface area contributed by atoms with Crippen LogP contribution in [0, 0.1) is 17.2 Å². The molecule has 0 aromatic rings. The fraction of sp³-hybridized carbons (Fsp3) is 0.733. The van der Waals surface area contributed by atoms with Gasteiger partial charge in [-0.05, 0) is 55.0 Å². The lowest BCUT2D eigenvalue weighted by atomic mass is 9.87. The van der Waals surface area contributed by atoms with Gasteiger partial charge in [-0.2, -0.15) is 0 Å². The summed E-state index contributed by atoms with van der Waals surface area (Å²) in [6.45, 7) is 7.62.